The van der Waals surface area contributed by atoms with Crippen molar-refractivity contribution in [2.45, 2.75) is 317 Å². The molecule has 0 aromatic heterocycles. The van der Waals surface area contributed by atoms with E-state index < -0.39 is 89.0 Å². The van der Waals surface area contributed by atoms with Gasteiger partial charge in [-0.2, -0.15) is 0 Å². The third kappa shape index (κ3) is 70.2. The van der Waals surface area contributed by atoms with Gasteiger partial charge < -0.3 is 76.3 Å². The third-order valence-electron chi connectivity index (χ3n) is 23.9. The van der Waals surface area contributed by atoms with Gasteiger partial charge in [0.05, 0.1) is 78.2 Å². The van der Waals surface area contributed by atoms with Crippen LogP contribution in [0.15, 0.2) is 143 Å². The van der Waals surface area contributed by atoms with Gasteiger partial charge in [-0.15, -0.1) is 0 Å². The lowest BCUT2D eigenvalue weighted by molar-refractivity contribution is -0.145. The molecule has 0 radical (unpaired) electrons. The number of benzene rings is 3. The van der Waals surface area contributed by atoms with Gasteiger partial charge in [0.2, 0.25) is 53.2 Å². The van der Waals surface area contributed by atoms with Crippen LogP contribution in [0.1, 0.15) is 334 Å². The molecular weight excluding hydrogens is 1880 g/mol. The summed E-state index contributed by atoms with van der Waals surface area (Å²) in [4.78, 5) is 202. The molecule has 0 spiro atoms. The Morgan fingerprint density at radius 2 is 0.399 bits per heavy atom. The first-order valence-corrected chi connectivity index (χ1v) is 53.0. The van der Waals surface area contributed by atoms with Gasteiger partial charge in [0, 0.05) is 130 Å². The first-order chi connectivity index (χ1) is 70.4. The first kappa shape index (κ1) is 129. The molecule has 0 saturated heterocycles. The molecule has 6 atom stereocenters. The Bertz CT molecular complexity index is 4260. The largest absolute Gasteiger partial charge is 0.466 e. The molecule has 818 valence electrons. The monoisotopic (exact) mass is 2060 g/mol. The van der Waals surface area contributed by atoms with E-state index in [1.54, 1.807) is 36.4 Å². The van der Waals surface area contributed by atoms with E-state index in [2.05, 4.69) is 126 Å². The molecule has 0 aliphatic carbocycles. The maximum atomic E-state index is 13.9. The van der Waals surface area contributed by atoms with Crippen molar-refractivity contribution < 1.29 is 100 Å². The lowest BCUT2D eigenvalue weighted by atomic mass is 10.0. The van der Waals surface area contributed by atoms with Crippen LogP contribution in [0.4, 0.5) is 34.1 Å². The maximum Gasteiger partial charge on any atom is 0.306 e. The molecule has 9 N–H and O–H groups in total. The van der Waals surface area contributed by atoms with Gasteiger partial charge in [0.1, 0.15) is 0 Å². The number of esters is 6. The van der Waals surface area contributed by atoms with Crippen molar-refractivity contribution in [2.75, 3.05) is 111 Å². The average Bonchev–Trinajstić information content (AvgIpc) is 0.859. The number of nitrogens with zero attached hydrogens (tertiary/aromatic N) is 1. The van der Waals surface area contributed by atoms with Crippen LogP contribution in [0.5, 0.6) is 0 Å². The van der Waals surface area contributed by atoms with Gasteiger partial charge >= 0.3 is 35.8 Å². The normalized spacial score (nSPS) is 12.3. The predicted molar refractivity (Wildman–Crippen MR) is 590 cm³/mol. The van der Waals surface area contributed by atoms with E-state index in [4.69, 9.17) is 28.4 Å². The predicted octanol–water partition coefficient (Wildman–Crippen LogP) is 22.0. The summed E-state index contributed by atoms with van der Waals surface area (Å²) in [6, 6.07) is 13.9. The number of ether oxygens (including phenoxy) is 6. The molecule has 31 nitrogen and oxygen atoms in total. The number of anilines is 6. The van der Waals surface area contributed by atoms with Crippen LogP contribution < -0.4 is 47.9 Å². The minimum absolute atomic E-state index is 0.0123. The number of allylic oxidation sites excluding steroid dienone is 12. The zero-order chi connectivity index (χ0) is 110. The molecule has 6 unspecified atom stereocenters. The number of carbonyl (C=O) groups excluding carboxylic acids is 15. The van der Waals surface area contributed by atoms with Gasteiger partial charge in [-0.05, 0) is 324 Å². The lowest BCUT2D eigenvalue weighted by Crippen LogP contribution is -2.42. The quantitative estimate of drug-likeness (QED) is 0.0110. The summed E-state index contributed by atoms with van der Waals surface area (Å²) < 4.78 is 32.8. The highest BCUT2D eigenvalue weighted by Gasteiger charge is 2.21. The number of hydrogen-bond donors (Lipinski definition) is 9. The van der Waals surface area contributed by atoms with Crippen molar-refractivity contribution >= 4 is 141 Å². The molecule has 3 aromatic carbocycles. The minimum Gasteiger partial charge on any atom is -0.466 e. The minimum atomic E-state index is -0.566. The van der Waals surface area contributed by atoms with E-state index in [1.165, 1.54) is 88.1 Å². The van der Waals surface area contributed by atoms with Crippen molar-refractivity contribution in [1.29, 1.82) is 0 Å². The molecule has 31 heteroatoms. The smallest absolute Gasteiger partial charge is 0.306 e. The van der Waals surface area contributed by atoms with E-state index in [9.17, 15) is 71.9 Å². The second-order valence-electron chi connectivity index (χ2n) is 40.4. The average molecular weight is 2060 g/mol. The summed E-state index contributed by atoms with van der Waals surface area (Å²) in [5.74, 6) is -6.23. The highest BCUT2D eigenvalue weighted by Crippen LogP contribution is 2.28. The van der Waals surface area contributed by atoms with E-state index in [0.29, 0.717) is 90.7 Å². The standard InChI is InChI=1S/C117H174N10O21/c1-82(2)25-19-31-88(13)55-67-143-112(137)49-43-106(131)121-97-73-94(74-98(79-97)122-107(132)44-50-113(138)144-68-56-89(14)32-20-26-83(3)4)37-40-103(128)118-61-64-127(65-62-119-104(129)41-38-95-75-99(123-108(133)45-51-114(139)145-69-57-90(15)33-21-27-84(5)6)80-100(76-95)124-109(134)46-52-115(140)146-70-58-91(16)34-22-28-85(7)8)66-63-120-105(130)42-39-96-77-101(125-110(135)47-53-116(141)147-71-59-92(17)35-23-29-86(9)10)81-102(78-96)126-111(136)48-54-117(142)148-72-60-93(18)36-24-30-87(11)12/h25-30,37-42,73-81,88-93H,19-24,31-36,43-72H2,1-18H3,(H,118,128)(H,119,129)(H,120,130)(H,121,131)(H,122,132)(H,123,133)(H,124,134)(H,125,135)(H,126,136)/b40-37+,41-38+,42-39+. The molecule has 148 heavy (non-hydrogen) atoms. The molecule has 9 amide bonds. The number of amides is 9. The number of carbonyl (C=O) groups is 15. The van der Waals surface area contributed by atoms with E-state index >= 15 is 0 Å². The topological polar surface area (TPSA) is 423 Å². The van der Waals surface area contributed by atoms with Crippen molar-refractivity contribution in [1.82, 2.24) is 20.9 Å². The Morgan fingerprint density at radius 1 is 0.236 bits per heavy atom. The van der Waals surface area contributed by atoms with Gasteiger partial charge in [0.25, 0.3) is 0 Å². The van der Waals surface area contributed by atoms with Crippen LogP contribution in [-0.2, 0) is 100 Å². The Balaban J connectivity index is 2.02. The molecule has 0 aliphatic heterocycles. The third-order valence-corrected chi connectivity index (χ3v) is 23.9. The van der Waals surface area contributed by atoms with E-state index in [1.807, 2.05) is 88.0 Å². The lowest BCUT2D eigenvalue weighted by Gasteiger charge is -2.22. The Hall–Kier alpha value is -12.7. The highest BCUT2D eigenvalue weighted by molar-refractivity contribution is 6.01. The molecule has 3 rings (SSSR count). The molecular formula is C117H174N10O21. The first-order valence-electron chi connectivity index (χ1n) is 53.0. The Labute approximate surface area is 880 Å². The number of hydrogen-bond acceptors (Lipinski definition) is 22. The molecule has 0 aliphatic rings. The highest BCUT2D eigenvalue weighted by atomic mass is 16.6. The van der Waals surface area contributed by atoms with Crippen LogP contribution in [0, 0.1) is 35.5 Å². The molecule has 0 bridgehead atoms. The second-order valence-corrected chi connectivity index (χ2v) is 40.4. The molecule has 0 heterocycles. The zero-order valence-corrected chi connectivity index (χ0v) is 91.8. The van der Waals surface area contributed by atoms with Crippen LogP contribution in [0.2, 0.25) is 0 Å². The van der Waals surface area contributed by atoms with Crippen LogP contribution in [0.3, 0.4) is 0 Å². The maximum absolute atomic E-state index is 13.9. The Morgan fingerprint density at radius 3 is 0.554 bits per heavy atom. The van der Waals surface area contributed by atoms with Gasteiger partial charge in [-0.25, -0.2) is 0 Å². The summed E-state index contributed by atoms with van der Waals surface area (Å²) in [6.07, 6.45) is 33.6. The van der Waals surface area contributed by atoms with Crippen LogP contribution in [0.25, 0.3) is 18.2 Å². The number of nitrogens with one attached hydrogen (secondary N) is 9. The van der Waals surface area contributed by atoms with E-state index in [0.717, 1.165) is 77.0 Å². The molecule has 0 saturated carbocycles. The summed E-state index contributed by atoms with van der Waals surface area (Å²) >= 11 is 0. The fourth-order valence-corrected chi connectivity index (χ4v) is 14.8. The van der Waals surface area contributed by atoms with Gasteiger partial charge in [-0.1, -0.05) is 111 Å². The van der Waals surface area contributed by atoms with Crippen molar-refractivity contribution in [3.63, 3.8) is 0 Å². The van der Waals surface area contributed by atoms with Gasteiger partial charge in [0.15, 0.2) is 0 Å². The summed E-state index contributed by atoms with van der Waals surface area (Å²) in [6.45, 7) is 38.8. The molecule has 3 aromatic rings. The summed E-state index contributed by atoms with van der Waals surface area (Å²) in [5.41, 5.74) is 9.74. The zero-order valence-electron chi connectivity index (χ0n) is 91.8. The van der Waals surface area contributed by atoms with Crippen LogP contribution in [-0.4, -0.2) is 173 Å². The summed E-state index contributed by atoms with van der Waals surface area (Å²) in [7, 11) is 0. The van der Waals surface area contributed by atoms with Crippen molar-refractivity contribution in [2.24, 2.45) is 35.5 Å². The Kier molecular flexibility index (Phi) is 67.2. The second kappa shape index (κ2) is 76.8. The molecule has 0 fully saturated rings. The summed E-state index contributed by atoms with van der Waals surface area (Å²) in [5, 5.41) is 25.3. The number of rotatable bonds is 75. The fraction of sp³-hybridized carbons (Fsp3) is 0.564. The van der Waals surface area contributed by atoms with Crippen LogP contribution >= 0.6 is 0 Å². The van der Waals surface area contributed by atoms with Crippen molar-refractivity contribution in [3.05, 3.63) is 159 Å². The van der Waals surface area contributed by atoms with E-state index in [-0.39, 0.29) is 190 Å². The van der Waals surface area contributed by atoms with Crippen molar-refractivity contribution in [3.8, 4) is 0 Å². The fourth-order valence-electron chi connectivity index (χ4n) is 14.8. The SMILES string of the molecule is CC(C)=CCCC(C)CCOC(=O)CCC(=O)Nc1cc(/C=C/C(=O)NCCN(CCNC(=O)/C=C/c2cc(NC(=O)CCC(=O)OCCC(C)CCC=C(C)C)cc(NC(=O)CCC(=O)OCCC(C)CCC=C(C)C)c2)CCNC(=O)/C=C/c2cc(NC(=O)CCC(=O)OCCC(C)CCC=C(C)C)cc(NC(=O)CCC(=O)OCCC(C)CCC=C(C)C)c2)cc(NC(=O)CCC(=O)OCCC(C)CCC=C(C)C)c1. The van der Waals surface area contributed by atoms with Gasteiger partial charge in [-0.3, -0.25) is 76.8 Å².